The van der Waals surface area contributed by atoms with Crippen LogP contribution in [0.5, 0.6) is 0 Å². The van der Waals surface area contributed by atoms with E-state index in [0.29, 0.717) is 29.1 Å². The van der Waals surface area contributed by atoms with Crippen LogP contribution in [0.1, 0.15) is 71.6 Å². The van der Waals surface area contributed by atoms with E-state index in [1.165, 1.54) is 12.8 Å². The van der Waals surface area contributed by atoms with Gasteiger partial charge in [-0.1, -0.05) is 13.8 Å². The van der Waals surface area contributed by atoms with E-state index in [-0.39, 0.29) is 17.6 Å². The zero-order valence-electron chi connectivity index (χ0n) is 15.4. The van der Waals surface area contributed by atoms with Crippen LogP contribution in [0.3, 0.4) is 0 Å². The first-order valence-electron chi connectivity index (χ1n) is 10.1. The summed E-state index contributed by atoms with van der Waals surface area (Å²) in [7, 11) is -4.43. The number of phosphoric ester groups is 1. The molecule has 4 saturated carbocycles. The highest BCUT2D eigenvalue weighted by molar-refractivity contribution is 7.46. The molecule has 0 aromatic rings. The monoisotopic (exact) mass is 372 g/mol. The number of rotatable bonds is 2. The summed E-state index contributed by atoms with van der Waals surface area (Å²) in [5.74, 6) is 2.52. The molecular formula is C19H33O5P. The molecule has 6 heteroatoms. The van der Waals surface area contributed by atoms with Gasteiger partial charge in [-0.15, -0.1) is 0 Å². The van der Waals surface area contributed by atoms with Gasteiger partial charge in [-0.05, 0) is 92.3 Å². The van der Waals surface area contributed by atoms with Gasteiger partial charge < -0.3 is 14.9 Å². The SMILES string of the molecule is C[C@]12CCC(O)C[C@H]1CC[C@@H]1[C@@H]2CC[C@]2(C)[C@@H](OP(=O)(O)O)CC[C@@H]12. The van der Waals surface area contributed by atoms with Crippen LogP contribution < -0.4 is 0 Å². The van der Waals surface area contributed by atoms with Crippen LogP contribution in [0.2, 0.25) is 0 Å². The molecule has 4 aliphatic rings. The highest BCUT2D eigenvalue weighted by Crippen LogP contribution is 2.67. The smallest absolute Gasteiger partial charge is 0.393 e. The van der Waals surface area contributed by atoms with Crippen molar-refractivity contribution in [2.75, 3.05) is 0 Å². The number of fused-ring (bicyclic) bond motifs is 5. The van der Waals surface area contributed by atoms with Crippen LogP contribution in [0.15, 0.2) is 0 Å². The van der Waals surface area contributed by atoms with Gasteiger partial charge in [-0.3, -0.25) is 4.52 Å². The average Bonchev–Trinajstić information content (AvgIpc) is 2.83. The maximum atomic E-state index is 11.4. The summed E-state index contributed by atoms with van der Waals surface area (Å²) in [5, 5.41) is 10.1. The molecule has 4 rings (SSSR count). The topological polar surface area (TPSA) is 87.0 Å². The molecule has 4 aliphatic carbocycles. The molecule has 1 unspecified atom stereocenters. The molecular weight excluding hydrogens is 339 g/mol. The largest absolute Gasteiger partial charge is 0.469 e. The summed E-state index contributed by atoms with van der Waals surface area (Å²) in [5.41, 5.74) is 0.241. The summed E-state index contributed by atoms with van der Waals surface area (Å²) in [6.45, 7) is 4.67. The minimum absolute atomic E-state index is 0.0976. The molecule has 0 spiro atoms. The maximum absolute atomic E-state index is 11.4. The lowest BCUT2D eigenvalue weighted by Crippen LogP contribution is -2.54. The highest BCUT2D eigenvalue weighted by Gasteiger charge is 2.61. The van der Waals surface area contributed by atoms with Crippen molar-refractivity contribution in [1.82, 2.24) is 0 Å². The molecule has 8 atom stereocenters. The molecule has 25 heavy (non-hydrogen) atoms. The summed E-state index contributed by atoms with van der Waals surface area (Å²) >= 11 is 0. The van der Waals surface area contributed by atoms with Crippen molar-refractivity contribution in [3.8, 4) is 0 Å². The van der Waals surface area contributed by atoms with Gasteiger partial charge in [-0.2, -0.15) is 0 Å². The number of hydrogen-bond acceptors (Lipinski definition) is 3. The molecule has 0 amide bonds. The van der Waals surface area contributed by atoms with Gasteiger partial charge in [0.15, 0.2) is 0 Å². The van der Waals surface area contributed by atoms with Gasteiger partial charge in [0.1, 0.15) is 0 Å². The fourth-order valence-corrected chi connectivity index (χ4v) is 8.20. The number of aliphatic hydroxyl groups is 1. The second-order valence-electron chi connectivity index (χ2n) is 9.79. The number of aliphatic hydroxyl groups excluding tert-OH is 1. The van der Waals surface area contributed by atoms with E-state index >= 15 is 0 Å². The van der Waals surface area contributed by atoms with Gasteiger partial charge >= 0.3 is 7.82 Å². The van der Waals surface area contributed by atoms with Gasteiger partial charge in [0, 0.05) is 0 Å². The molecule has 5 nitrogen and oxygen atoms in total. The number of hydrogen-bond donors (Lipinski definition) is 3. The van der Waals surface area contributed by atoms with Crippen molar-refractivity contribution in [2.24, 2.45) is 34.5 Å². The zero-order chi connectivity index (χ0) is 18.0. The van der Waals surface area contributed by atoms with Crippen molar-refractivity contribution in [1.29, 1.82) is 0 Å². The van der Waals surface area contributed by atoms with Crippen molar-refractivity contribution in [2.45, 2.75) is 83.8 Å². The quantitative estimate of drug-likeness (QED) is 0.641. The first kappa shape index (κ1) is 18.4. The second kappa shape index (κ2) is 6.04. The predicted molar refractivity (Wildman–Crippen MR) is 94.7 cm³/mol. The summed E-state index contributed by atoms with van der Waals surface area (Å²) in [6, 6.07) is 0. The maximum Gasteiger partial charge on any atom is 0.469 e. The molecule has 0 aromatic carbocycles. The van der Waals surface area contributed by atoms with Crippen LogP contribution in [0.4, 0.5) is 0 Å². The van der Waals surface area contributed by atoms with Gasteiger partial charge in [0.05, 0.1) is 12.2 Å². The van der Waals surface area contributed by atoms with E-state index < -0.39 is 7.82 Å². The van der Waals surface area contributed by atoms with Crippen molar-refractivity contribution in [3.63, 3.8) is 0 Å². The molecule has 3 N–H and O–H groups in total. The highest BCUT2D eigenvalue weighted by atomic mass is 31.2. The van der Waals surface area contributed by atoms with Crippen LogP contribution in [-0.2, 0) is 9.09 Å². The lowest BCUT2D eigenvalue weighted by atomic mass is 9.45. The minimum atomic E-state index is -4.43. The molecule has 0 heterocycles. The van der Waals surface area contributed by atoms with Crippen LogP contribution in [-0.4, -0.2) is 27.1 Å². The van der Waals surface area contributed by atoms with Gasteiger partial charge in [0.2, 0.25) is 0 Å². The van der Waals surface area contributed by atoms with Crippen LogP contribution in [0.25, 0.3) is 0 Å². The standard InChI is InChI=1S/C19H33O5P/c1-18-9-7-13(20)11-12(18)3-4-14-15-5-6-17(24-25(21,22)23)19(15,2)10-8-16(14)18/h12-17,20H,3-11H2,1-2H3,(H2,21,22,23)/t12-,13?,14+,15+,16+,17+,18+,19+/m1/s1. The first-order valence-corrected chi connectivity index (χ1v) is 11.6. The third-order valence-corrected chi connectivity index (χ3v) is 9.34. The van der Waals surface area contributed by atoms with Crippen molar-refractivity contribution < 1.29 is 24.0 Å². The van der Waals surface area contributed by atoms with Crippen LogP contribution in [0, 0.1) is 34.5 Å². The number of phosphoric acid groups is 1. The third kappa shape index (κ3) is 2.95. The van der Waals surface area contributed by atoms with E-state index in [4.69, 9.17) is 4.52 Å². The Hall–Kier alpha value is 0.0700. The minimum Gasteiger partial charge on any atom is -0.393 e. The average molecular weight is 372 g/mol. The second-order valence-corrected chi connectivity index (χ2v) is 11.0. The first-order chi connectivity index (χ1) is 11.6. The molecule has 0 saturated heterocycles. The summed E-state index contributed by atoms with van der Waals surface area (Å²) in [4.78, 5) is 18.6. The molecule has 4 fully saturated rings. The Bertz CT molecular complexity index is 576. The van der Waals surface area contributed by atoms with E-state index in [1.54, 1.807) is 0 Å². The van der Waals surface area contributed by atoms with E-state index in [1.807, 2.05) is 0 Å². The van der Waals surface area contributed by atoms with Gasteiger partial charge in [-0.25, -0.2) is 4.57 Å². The van der Waals surface area contributed by atoms with Crippen molar-refractivity contribution >= 4 is 7.82 Å². The molecule has 0 aliphatic heterocycles. The normalized spacial score (nSPS) is 53.0. The molecule has 0 bridgehead atoms. The molecule has 0 aromatic heterocycles. The van der Waals surface area contributed by atoms with Crippen LogP contribution >= 0.6 is 7.82 Å². The summed E-state index contributed by atoms with van der Waals surface area (Å²) in [6.07, 6.45) is 8.97. The Kier molecular flexibility index (Phi) is 4.45. The Balaban J connectivity index is 1.57. The van der Waals surface area contributed by atoms with Crippen molar-refractivity contribution in [3.05, 3.63) is 0 Å². The van der Waals surface area contributed by atoms with E-state index in [9.17, 15) is 19.5 Å². The molecule has 144 valence electrons. The Morgan fingerprint density at radius 2 is 1.60 bits per heavy atom. The Morgan fingerprint density at radius 3 is 2.32 bits per heavy atom. The Labute approximate surface area is 150 Å². The van der Waals surface area contributed by atoms with E-state index in [0.717, 1.165) is 44.9 Å². The Morgan fingerprint density at radius 1 is 0.920 bits per heavy atom. The lowest BCUT2D eigenvalue weighted by molar-refractivity contribution is -0.132. The third-order valence-electron chi connectivity index (χ3n) is 8.82. The fourth-order valence-electron chi connectivity index (χ4n) is 7.53. The lowest BCUT2D eigenvalue weighted by Gasteiger charge is -2.60. The predicted octanol–water partition coefficient (Wildman–Crippen LogP) is 3.87. The van der Waals surface area contributed by atoms with E-state index in [2.05, 4.69) is 13.8 Å². The van der Waals surface area contributed by atoms with Gasteiger partial charge in [0.25, 0.3) is 0 Å². The summed E-state index contributed by atoms with van der Waals surface area (Å²) < 4.78 is 16.6. The zero-order valence-corrected chi connectivity index (χ0v) is 16.3. The molecule has 0 radical (unpaired) electrons. The fraction of sp³-hybridized carbons (Fsp3) is 1.00.